The fourth-order valence-corrected chi connectivity index (χ4v) is 2.83. The normalized spacial score (nSPS) is 11.2. The zero-order valence-electron chi connectivity index (χ0n) is 13.2. The molecule has 4 nitrogen and oxygen atoms in total. The van der Waals surface area contributed by atoms with E-state index in [4.69, 9.17) is 27.7 Å². The van der Waals surface area contributed by atoms with E-state index in [0.717, 1.165) is 11.1 Å². The first kappa shape index (κ1) is 17.0. The van der Waals surface area contributed by atoms with Crippen molar-refractivity contribution in [2.45, 2.75) is 19.5 Å². The number of hydrogen-bond acceptors (Lipinski definition) is 4. The van der Waals surface area contributed by atoms with Crippen LogP contribution in [-0.2, 0) is 19.5 Å². The first-order valence-corrected chi connectivity index (χ1v) is 8.34. The van der Waals surface area contributed by atoms with Crippen molar-refractivity contribution in [1.29, 1.82) is 0 Å². The van der Waals surface area contributed by atoms with Gasteiger partial charge in [-0.25, -0.2) is 0 Å². The van der Waals surface area contributed by atoms with E-state index in [0.29, 0.717) is 41.3 Å². The Labute approximate surface area is 151 Å². The molecule has 6 heteroatoms. The molecule has 3 aromatic rings. The third-order valence-electron chi connectivity index (χ3n) is 3.59. The number of halogens is 2. The second kappa shape index (κ2) is 7.79. The Hall–Kier alpha value is -1.88. The molecule has 1 aromatic heterocycles. The van der Waals surface area contributed by atoms with Crippen LogP contribution in [0.1, 0.15) is 22.8 Å². The van der Waals surface area contributed by atoms with Crippen molar-refractivity contribution in [3.8, 4) is 0 Å². The van der Waals surface area contributed by atoms with Gasteiger partial charge in [0.25, 0.3) is 0 Å². The highest BCUT2D eigenvalue weighted by Gasteiger charge is 2.12. The SMILES string of the molecule is CN(Cc1nc(Cc2ccccc2)no1)Cc1cccc(Cl)c1Cl. The fourth-order valence-electron chi connectivity index (χ4n) is 2.45. The van der Waals surface area contributed by atoms with Crippen LogP contribution in [0.5, 0.6) is 0 Å². The average Bonchev–Trinajstić information content (AvgIpc) is 2.99. The Bertz CT molecular complexity index is 805. The second-order valence-electron chi connectivity index (χ2n) is 5.65. The van der Waals surface area contributed by atoms with Gasteiger partial charge in [-0.2, -0.15) is 4.98 Å². The summed E-state index contributed by atoms with van der Waals surface area (Å²) in [5.74, 6) is 1.27. The Kier molecular flexibility index (Phi) is 5.51. The van der Waals surface area contributed by atoms with E-state index in [9.17, 15) is 0 Å². The predicted molar refractivity (Wildman–Crippen MR) is 95.2 cm³/mol. The maximum atomic E-state index is 6.22. The quantitative estimate of drug-likeness (QED) is 0.643. The summed E-state index contributed by atoms with van der Waals surface area (Å²) in [6.45, 7) is 1.19. The molecule has 0 amide bonds. The van der Waals surface area contributed by atoms with Crippen molar-refractivity contribution in [3.63, 3.8) is 0 Å². The standard InChI is InChI=1S/C18H17Cl2N3O/c1-23(11-14-8-5-9-15(19)18(14)20)12-17-21-16(22-24-17)10-13-6-3-2-4-7-13/h2-9H,10-12H2,1H3. The minimum absolute atomic E-state index is 0.546. The molecule has 0 N–H and O–H groups in total. The molecular weight excluding hydrogens is 345 g/mol. The van der Waals surface area contributed by atoms with Crippen LogP contribution in [0.3, 0.4) is 0 Å². The second-order valence-corrected chi connectivity index (χ2v) is 6.44. The van der Waals surface area contributed by atoms with Gasteiger partial charge in [-0.15, -0.1) is 0 Å². The van der Waals surface area contributed by atoms with Crippen LogP contribution in [-0.4, -0.2) is 22.1 Å². The van der Waals surface area contributed by atoms with Gasteiger partial charge in [0.1, 0.15) is 0 Å². The van der Waals surface area contributed by atoms with E-state index in [-0.39, 0.29) is 0 Å². The maximum Gasteiger partial charge on any atom is 0.240 e. The molecule has 0 bridgehead atoms. The number of benzene rings is 2. The summed E-state index contributed by atoms with van der Waals surface area (Å²) in [6.07, 6.45) is 0.661. The molecule has 2 aromatic carbocycles. The molecule has 0 spiro atoms. The van der Waals surface area contributed by atoms with E-state index in [1.165, 1.54) is 0 Å². The monoisotopic (exact) mass is 361 g/mol. The smallest absolute Gasteiger partial charge is 0.240 e. The summed E-state index contributed by atoms with van der Waals surface area (Å²) >= 11 is 12.3. The Balaban J connectivity index is 1.61. The number of nitrogens with zero attached hydrogens (tertiary/aromatic N) is 3. The molecule has 3 rings (SSSR count). The van der Waals surface area contributed by atoms with Crippen LogP contribution in [0.2, 0.25) is 10.0 Å². The minimum atomic E-state index is 0.546. The van der Waals surface area contributed by atoms with Crippen molar-refractivity contribution < 1.29 is 4.52 Å². The average molecular weight is 362 g/mol. The molecule has 1 heterocycles. The van der Waals surface area contributed by atoms with Gasteiger partial charge in [-0.05, 0) is 24.2 Å². The van der Waals surface area contributed by atoms with Gasteiger partial charge in [-0.1, -0.05) is 70.8 Å². The summed E-state index contributed by atoms with van der Waals surface area (Å²) < 4.78 is 5.34. The topological polar surface area (TPSA) is 42.2 Å². The maximum absolute atomic E-state index is 6.22. The van der Waals surface area contributed by atoms with Crippen molar-refractivity contribution in [2.24, 2.45) is 0 Å². The van der Waals surface area contributed by atoms with Gasteiger partial charge in [0, 0.05) is 13.0 Å². The first-order chi connectivity index (χ1) is 11.6. The third-order valence-corrected chi connectivity index (χ3v) is 4.45. The molecule has 0 fully saturated rings. The highest BCUT2D eigenvalue weighted by molar-refractivity contribution is 6.42. The Morgan fingerprint density at radius 1 is 1.00 bits per heavy atom. The first-order valence-electron chi connectivity index (χ1n) is 7.58. The fraction of sp³-hybridized carbons (Fsp3) is 0.222. The highest BCUT2D eigenvalue weighted by atomic mass is 35.5. The van der Waals surface area contributed by atoms with Crippen molar-refractivity contribution in [3.05, 3.63) is 81.4 Å². The van der Waals surface area contributed by atoms with Crippen LogP contribution in [0, 0.1) is 0 Å². The third kappa shape index (κ3) is 4.35. The van der Waals surface area contributed by atoms with Crippen LogP contribution in [0.4, 0.5) is 0 Å². The van der Waals surface area contributed by atoms with E-state index >= 15 is 0 Å². The van der Waals surface area contributed by atoms with Crippen molar-refractivity contribution in [2.75, 3.05) is 7.05 Å². The van der Waals surface area contributed by atoms with E-state index in [1.807, 2.05) is 49.5 Å². The number of hydrogen-bond donors (Lipinski definition) is 0. The molecule has 124 valence electrons. The lowest BCUT2D eigenvalue weighted by atomic mass is 10.1. The van der Waals surface area contributed by atoms with Gasteiger partial charge in [0.2, 0.25) is 5.89 Å². The summed E-state index contributed by atoms with van der Waals surface area (Å²) in [5.41, 5.74) is 2.12. The molecule has 0 aliphatic carbocycles. The molecule has 0 radical (unpaired) electrons. The van der Waals surface area contributed by atoms with Crippen LogP contribution >= 0.6 is 23.2 Å². The molecule has 0 aliphatic rings. The van der Waals surface area contributed by atoms with E-state index in [1.54, 1.807) is 6.07 Å². The highest BCUT2D eigenvalue weighted by Crippen LogP contribution is 2.26. The summed E-state index contributed by atoms with van der Waals surface area (Å²) in [4.78, 5) is 6.50. The molecule has 0 saturated heterocycles. The van der Waals surface area contributed by atoms with Gasteiger partial charge in [-0.3, -0.25) is 4.90 Å². The summed E-state index contributed by atoms with van der Waals surface area (Å²) in [7, 11) is 1.97. The molecule has 0 aliphatic heterocycles. The number of rotatable bonds is 6. The van der Waals surface area contributed by atoms with E-state index < -0.39 is 0 Å². The van der Waals surface area contributed by atoms with Crippen molar-refractivity contribution >= 4 is 23.2 Å². The lowest BCUT2D eigenvalue weighted by Gasteiger charge is -2.15. The van der Waals surface area contributed by atoms with Crippen LogP contribution in [0.25, 0.3) is 0 Å². The molecule has 0 atom stereocenters. The zero-order valence-corrected chi connectivity index (χ0v) is 14.8. The van der Waals surface area contributed by atoms with Crippen molar-refractivity contribution in [1.82, 2.24) is 15.0 Å². The van der Waals surface area contributed by atoms with Crippen LogP contribution in [0.15, 0.2) is 53.1 Å². The summed E-state index contributed by atoms with van der Waals surface area (Å²) in [5, 5.41) is 5.19. The lowest BCUT2D eigenvalue weighted by Crippen LogP contribution is -2.17. The molecule has 24 heavy (non-hydrogen) atoms. The zero-order chi connectivity index (χ0) is 16.9. The number of aromatic nitrogens is 2. The largest absolute Gasteiger partial charge is 0.338 e. The predicted octanol–water partition coefficient (Wildman–Crippen LogP) is 4.60. The van der Waals surface area contributed by atoms with Gasteiger partial charge >= 0.3 is 0 Å². The molecular formula is C18H17Cl2N3O. The van der Waals surface area contributed by atoms with Gasteiger partial charge < -0.3 is 4.52 Å². The Morgan fingerprint density at radius 2 is 1.79 bits per heavy atom. The minimum Gasteiger partial charge on any atom is -0.338 e. The molecule has 0 unspecified atom stereocenters. The molecule has 0 saturated carbocycles. The summed E-state index contributed by atoms with van der Waals surface area (Å²) in [6, 6.07) is 15.7. The van der Waals surface area contributed by atoms with E-state index in [2.05, 4.69) is 15.0 Å². The Morgan fingerprint density at radius 3 is 2.58 bits per heavy atom. The van der Waals surface area contributed by atoms with Crippen LogP contribution < -0.4 is 0 Å². The van der Waals surface area contributed by atoms with Gasteiger partial charge in [0.05, 0.1) is 16.6 Å². The lowest BCUT2D eigenvalue weighted by molar-refractivity contribution is 0.260. The van der Waals surface area contributed by atoms with Gasteiger partial charge in [0.15, 0.2) is 5.82 Å².